The van der Waals surface area contributed by atoms with E-state index in [0.29, 0.717) is 16.4 Å². The zero-order valence-corrected chi connectivity index (χ0v) is 9.28. The van der Waals surface area contributed by atoms with Gasteiger partial charge in [0.2, 0.25) is 0 Å². The van der Waals surface area contributed by atoms with Gasteiger partial charge in [0.15, 0.2) is 0 Å². The zero-order valence-electron chi connectivity index (χ0n) is 8.53. The Morgan fingerprint density at radius 2 is 2.20 bits per heavy atom. The van der Waals surface area contributed by atoms with Crippen LogP contribution in [-0.4, -0.2) is 14.8 Å². The van der Waals surface area contributed by atoms with Crippen LogP contribution in [0.15, 0.2) is 18.3 Å². The first-order chi connectivity index (χ1) is 7.08. The second-order valence-corrected chi connectivity index (χ2v) is 3.78. The first-order valence-electron chi connectivity index (χ1n) is 4.50. The Kier molecular flexibility index (Phi) is 2.36. The van der Waals surface area contributed by atoms with Gasteiger partial charge in [0.1, 0.15) is 11.4 Å². The van der Waals surface area contributed by atoms with Crippen LogP contribution in [0.4, 0.5) is 5.69 Å². The second-order valence-electron chi connectivity index (χ2n) is 3.37. The van der Waals surface area contributed by atoms with Gasteiger partial charge in [-0.3, -0.25) is 4.68 Å². The first-order valence-corrected chi connectivity index (χ1v) is 4.88. The van der Waals surface area contributed by atoms with Gasteiger partial charge < -0.3 is 5.73 Å². The summed E-state index contributed by atoms with van der Waals surface area (Å²) in [6.07, 6.45) is 1.85. The summed E-state index contributed by atoms with van der Waals surface area (Å²) in [4.78, 5) is 4.32. The van der Waals surface area contributed by atoms with Gasteiger partial charge in [0, 0.05) is 13.2 Å². The van der Waals surface area contributed by atoms with Crippen LogP contribution >= 0.6 is 11.6 Å². The minimum Gasteiger partial charge on any atom is -0.397 e. The molecule has 0 aliphatic rings. The molecule has 2 rings (SSSR count). The van der Waals surface area contributed by atoms with Gasteiger partial charge in [0.25, 0.3) is 0 Å². The van der Waals surface area contributed by atoms with E-state index in [1.165, 1.54) is 0 Å². The molecule has 0 spiro atoms. The summed E-state index contributed by atoms with van der Waals surface area (Å²) in [5.41, 5.74) is 8.49. The van der Waals surface area contributed by atoms with E-state index in [9.17, 15) is 0 Å². The molecular formula is C10H11ClN4. The van der Waals surface area contributed by atoms with Gasteiger partial charge >= 0.3 is 0 Å². The summed E-state index contributed by atoms with van der Waals surface area (Å²) in [6.45, 7) is 1.85. The number of hydrogen-bond donors (Lipinski definition) is 1. The van der Waals surface area contributed by atoms with E-state index >= 15 is 0 Å². The van der Waals surface area contributed by atoms with Crippen molar-refractivity contribution in [2.24, 2.45) is 7.05 Å². The number of anilines is 1. The summed E-state index contributed by atoms with van der Waals surface area (Å²) < 4.78 is 1.71. The highest BCUT2D eigenvalue weighted by Gasteiger charge is 2.10. The monoisotopic (exact) mass is 222 g/mol. The lowest BCUT2D eigenvalue weighted by atomic mass is 10.2. The van der Waals surface area contributed by atoms with Crippen molar-refractivity contribution in [1.82, 2.24) is 14.8 Å². The second kappa shape index (κ2) is 3.55. The maximum Gasteiger partial charge on any atom is 0.112 e. The number of nitrogens with two attached hydrogens (primary N) is 1. The molecule has 0 saturated heterocycles. The van der Waals surface area contributed by atoms with E-state index in [2.05, 4.69) is 10.1 Å². The van der Waals surface area contributed by atoms with Crippen molar-refractivity contribution in [3.05, 3.63) is 29.0 Å². The molecule has 2 aromatic heterocycles. The molecule has 2 N–H and O–H groups in total. The fourth-order valence-corrected chi connectivity index (χ4v) is 1.57. The predicted octanol–water partition coefficient (Wildman–Crippen LogP) is 2.03. The maximum absolute atomic E-state index is 6.05. The van der Waals surface area contributed by atoms with Crippen molar-refractivity contribution in [2.75, 3.05) is 5.73 Å². The van der Waals surface area contributed by atoms with E-state index in [0.717, 1.165) is 11.4 Å². The van der Waals surface area contributed by atoms with E-state index < -0.39 is 0 Å². The van der Waals surface area contributed by atoms with E-state index in [1.54, 1.807) is 10.7 Å². The Bertz CT molecular complexity index is 504. The molecule has 78 valence electrons. The average Bonchev–Trinajstić information content (AvgIpc) is 2.58. The summed E-state index contributed by atoms with van der Waals surface area (Å²) in [6, 6.07) is 3.57. The third-order valence-corrected chi connectivity index (χ3v) is 2.45. The molecule has 2 aromatic rings. The van der Waals surface area contributed by atoms with Crippen LogP contribution in [0, 0.1) is 6.92 Å². The van der Waals surface area contributed by atoms with Crippen LogP contribution in [0.1, 0.15) is 5.69 Å². The van der Waals surface area contributed by atoms with Crippen molar-refractivity contribution in [3.8, 4) is 11.4 Å². The molecule has 2 heterocycles. The largest absolute Gasteiger partial charge is 0.397 e. The number of halogens is 1. The van der Waals surface area contributed by atoms with Crippen molar-refractivity contribution >= 4 is 17.3 Å². The summed E-state index contributed by atoms with van der Waals surface area (Å²) in [7, 11) is 1.85. The van der Waals surface area contributed by atoms with Gasteiger partial charge in [0.05, 0.1) is 16.4 Å². The van der Waals surface area contributed by atoms with Crippen LogP contribution in [0.3, 0.4) is 0 Å². The van der Waals surface area contributed by atoms with Gasteiger partial charge in [-0.25, -0.2) is 4.98 Å². The number of rotatable bonds is 1. The molecule has 0 aliphatic carbocycles. The van der Waals surface area contributed by atoms with Gasteiger partial charge in [-0.15, -0.1) is 0 Å². The van der Waals surface area contributed by atoms with Crippen molar-refractivity contribution < 1.29 is 0 Å². The molecule has 0 atom stereocenters. The topological polar surface area (TPSA) is 56.7 Å². The molecule has 4 nitrogen and oxygen atoms in total. The molecule has 0 aliphatic heterocycles. The van der Waals surface area contributed by atoms with Crippen LogP contribution in [0.25, 0.3) is 11.4 Å². The average molecular weight is 223 g/mol. The van der Waals surface area contributed by atoms with Crippen molar-refractivity contribution in [1.29, 1.82) is 0 Å². The SMILES string of the molecule is Cc1nc(-c2ccn(C)n2)c(Cl)cc1N. The van der Waals surface area contributed by atoms with Crippen LogP contribution < -0.4 is 5.73 Å². The Hall–Kier alpha value is -1.55. The fourth-order valence-electron chi connectivity index (χ4n) is 1.32. The van der Waals surface area contributed by atoms with E-state index in [4.69, 9.17) is 17.3 Å². The summed E-state index contributed by atoms with van der Waals surface area (Å²) in [5, 5.41) is 4.77. The maximum atomic E-state index is 6.05. The Morgan fingerprint density at radius 3 is 2.80 bits per heavy atom. The highest BCUT2D eigenvalue weighted by Crippen LogP contribution is 2.27. The minimum atomic E-state index is 0.525. The summed E-state index contributed by atoms with van der Waals surface area (Å²) in [5.74, 6) is 0. The summed E-state index contributed by atoms with van der Waals surface area (Å²) >= 11 is 6.05. The molecule has 0 aromatic carbocycles. The number of nitrogens with zero attached hydrogens (tertiary/aromatic N) is 3. The normalized spacial score (nSPS) is 10.6. The van der Waals surface area contributed by atoms with Gasteiger partial charge in [-0.2, -0.15) is 5.10 Å². The molecule has 0 amide bonds. The lowest BCUT2D eigenvalue weighted by molar-refractivity contribution is 0.770. The molecule has 5 heteroatoms. The van der Waals surface area contributed by atoms with Gasteiger partial charge in [-0.1, -0.05) is 11.6 Å². The molecule has 0 unspecified atom stereocenters. The molecule has 0 radical (unpaired) electrons. The lowest BCUT2D eigenvalue weighted by Crippen LogP contribution is -1.96. The molecule has 15 heavy (non-hydrogen) atoms. The first kappa shape index (κ1) is 9.98. The van der Waals surface area contributed by atoms with Crippen molar-refractivity contribution in [3.63, 3.8) is 0 Å². The van der Waals surface area contributed by atoms with Crippen LogP contribution in [-0.2, 0) is 7.05 Å². The Balaban J connectivity index is 2.58. The molecule has 0 fully saturated rings. The molecular weight excluding hydrogens is 212 g/mol. The fraction of sp³-hybridized carbons (Fsp3) is 0.200. The standard InChI is InChI=1S/C10H11ClN4/c1-6-8(12)5-7(11)10(13-6)9-3-4-15(2)14-9/h3-5H,12H2,1-2H3. The predicted molar refractivity (Wildman–Crippen MR) is 60.6 cm³/mol. The molecule has 0 bridgehead atoms. The third-order valence-electron chi connectivity index (χ3n) is 2.16. The van der Waals surface area contributed by atoms with Gasteiger partial charge in [-0.05, 0) is 19.1 Å². The van der Waals surface area contributed by atoms with E-state index in [-0.39, 0.29) is 0 Å². The van der Waals surface area contributed by atoms with Crippen LogP contribution in [0.2, 0.25) is 5.02 Å². The third kappa shape index (κ3) is 1.80. The quantitative estimate of drug-likeness (QED) is 0.803. The number of hydrogen-bond acceptors (Lipinski definition) is 3. The Morgan fingerprint density at radius 1 is 1.47 bits per heavy atom. The smallest absolute Gasteiger partial charge is 0.112 e. The van der Waals surface area contributed by atoms with Crippen molar-refractivity contribution in [2.45, 2.75) is 6.92 Å². The Labute approximate surface area is 92.7 Å². The highest BCUT2D eigenvalue weighted by molar-refractivity contribution is 6.33. The zero-order chi connectivity index (χ0) is 11.0. The number of nitrogen functional groups attached to an aromatic ring is 1. The molecule has 0 saturated carbocycles. The minimum absolute atomic E-state index is 0.525. The highest BCUT2D eigenvalue weighted by atomic mass is 35.5. The van der Waals surface area contributed by atoms with E-state index in [1.807, 2.05) is 26.2 Å². The number of aryl methyl sites for hydroxylation is 2. The van der Waals surface area contributed by atoms with Crippen LogP contribution in [0.5, 0.6) is 0 Å². The lowest BCUT2D eigenvalue weighted by Gasteiger charge is -2.04. The number of pyridine rings is 1. The number of aromatic nitrogens is 3.